The number of quaternary nitrogens is 1. The smallest absolute Gasteiger partial charge is 0.233 e. The van der Waals surface area contributed by atoms with Gasteiger partial charge >= 0.3 is 0 Å². The molecule has 0 aliphatic carbocycles. The number of anilines is 1. The molecule has 2 heterocycles. The number of carbonyl (C=O) groups excluding carboxylic acids is 1. The molecule has 0 radical (unpaired) electrons. The topological polar surface area (TPSA) is 46.9 Å². The van der Waals surface area contributed by atoms with Crippen molar-refractivity contribution in [2.24, 2.45) is 0 Å². The zero-order valence-corrected chi connectivity index (χ0v) is 16.4. The number of carbonyl (C=O) groups is 1. The van der Waals surface area contributed by atoms with Gasteiger partial charge in [0.15, 0.2) is 5.13 Å². The van der Waals surface area contributed by atoms with Gasteiger partial charge in [0.25, 0.3) is 0 Å². The Morgan fingerprint density at radius 2 is 1.89 bits per heavy atom. The van der Waals surface area contributed by atoms with Gasteiger partial charge in [-0.2, -0.15) is 0 Å². The van der Waals surface area contributed by atoms with Gasteiger partial charge < -0.3 is 9.64 Å². The number of benzene rings is 2. The summed E-state index contributed by atoms with van der Waals surface area (Å²) in [4.78, 5) is 21.0. The Hall–Kier alpha value is -2.35. The maximum Gasteiger partial charge on any atom is 0.233 e. The van der Waals surface area contributed by atoms with Crippen molar-refractivity contribution in [1.82, 2.24) is 4.98 Å². The van der Waals surface area contributed by atoms with Crippen LogP contribution in [-0.2, 0) is 16.0 Å². The molecule has 3 aromatic rings. The number of hydrogen-bond acceptors (Lipinski definition) is 4. The van der Waals surface area contributed by atoms with Crippen molar-refractivity contribution in [3.05, 3.63) is 59.9 Å². The summed E-state index contributed by atoms with van der Waals surface area (Å²) in [7, 11) is 0. The van der Waals surface area contributed by atoms with E-state index in [1.807, 2.05) is 24.3 Å². The van der Waals surface area contributed by atoms with Crippen LogP contribution in [-0.4, -0.2) is 50.3 Å². The van der Waals surface area contributed by atoms with E-state index in [2.05, 4.69) is 4.98 Å². The predicted molar refractivity (Wildman–Crippen MR) is 108 cm³/mol. The van der Waals surface area contributed by atoms with E-state index in [4.69, 9.17) is 4.74 Å². The van der Waals surface area contributed by atoms with Gasteiger partial charge in [-0.3, -0.25) is 9.69 Å². The lowest BCUT2D eigenvalue weighted by Crippen LogP contribution is -3.14. The van der Waals surface area contributed by atoms with Crippen LogP contribution in [0.3, 0.4) is 0 Å². The summed E-state index contributed by atoms with van der Waals surface area (Å²) in [6, 6.07) is 14.0. The third kappa shape index (κ3) is 4.55. The van der Waals surface area contributed by atoms with Crippen LogP contribution in [0.1, 0.15) is 5.56 Å². The van der Waals surface area contributed by atoms with Crippen LogP contribution in [0.4, 0.5) is 9.52 Å². The summed E-state index contributed by atoms with van der Waals surface area (Å²) in [6.45, 7) is 4.91. The van der Waals surface area contributed by atoms with Crippen molar-refractivity contribution in [2.75, 3.05) is 44.3 Å². The number of hydrogen-bond donors (Lipinski definition) is 1. The number of amides is 1. The second kappa shape index (κ2) is 8.77. The van der Waals surface area contributed by atoms with E-state index >= 15 is 0 Å². The van der Waals surface area contributed by atoms with Gasteiger partial charge in [0, 0.05) is 0 Å². The summed E-state index contributed by atoms with van der Waals surface area (Å²) >= 11 is 1.53. The van der Waals surface area contributed by atoms with Crippen LogP contribution in [0.25, 0.3) is 10.2 Å². The Morgan fingerprint density at radius 1 is 1.14 bits per heavy atom. The molecule has 0 atom stereocenters. The second-order valence-corrected chi connectivity index (χ2v) is 7.93. The molecular weight excluding hydrogens is 377 g/mol. The Bertz CT molecular complexity index is 905. The summed E-state index contributed by atoms with van der Waals surface area (Å²) in [6.07, 6.45) is 0.231. The molecule has 1 fully saturated rings. The first kappa shape index (κ1) is 19.0. The lowest BCUT2D eigenvalue weighted by atomic mass is 10.1. The van der Waals surface area contributed by atoms with Crippen LogP contribution in [0, 0.1) is 5.82 Å². The van der Waals surface area contributed by atoms with E-state index < -0.39 is 0 Å². The van der Waals surface area contributed by atoms with Crippen LogP contribution in [0.15, 0.2) is 48.5 Å². The highest BCUT2D eigenvalue weighted by Crippen LogP contribution is 2.28. The van der Waals surface area contributed by atoms with Crippen molar-refractivity contribution in [1.29, 1.82) is 0 Å². The fourth-order valence-electron chi connectivity index (χ4n) is 3.35. The highest BCUT2D eigenvalue weighted by atomic mass is 32.1. The fourth-order valence-corrected chi connectivity index (χ4v) is 4.36. The van der Waals surface area contributed by atoms with Gasteiger partial charge in [0.05, 0.1) is 42.9 Å². The van der Waals surface area contributed by atoms with Crippen molar-refractivity contribution in [3.63, 3.8) is 0 Å². The summed E-state index contributed by atoms with van der Waals surface area (Å²) in [5.74, 6) is -0.312. The van der Waals surface area contributed by atoms with Crippen LogP contribution in [0.2, 0.25) is 0 Å². The molecule has 146 valence electrons. The van der Waals surface area contributed by atoms with Crippen LogP contribution >= 0.6 is 11.3 Å². The minimum Gasteiger partial charge on any atom is -0.370 e. The molecule has 0 bridgehead atoms. The fraction of sp³-hybridized carbons (Fsp3) is 0.333. The number of thiazole rings is 1. The van der Waals surface area contributed by atoms with Crippen molar-refractivity contribution in [2.45, 2.75) is 6.42 Å². The van der Waals surface area contributed by atoms with E-state index in [1.54, 1.807) is 17.0 Å². The number of halogens is 1. The lowest BCUT2D eigenvalue weighted by Gasteiger charge is -2.27. The molecule has 1 aliphatic heterocycles. The maximum atomic E-state index is 13.2. The number of para-hydroxylation sites is 1. The first-order valence-corrected chi connectivity index (χ1v) is 10.3. The average molecular weight is 400 g/mol. The van der Waals surface area contributed by atoms with Gasteiger partial charge in [-0.15, -0.1) is 0 Å². The number of rotatable bonds is 6. The Balaban J connectivity index is 1.54. The third-order valence-electron chi connectivity index (χ3n) is 4.97. The number of ether oxygens (including phenoxy) is 1. The minimum atomic E-state index is -0.296. The number of aromatic nitrogens is 1. The molecule has 1 aromatic heterocycles. The molecule has 1 saturated heterocycles. The SMILES string of the molecule is O=C(Cc1ccc(F)cc1)N(CC[NH+]1CCOCC1)c1nc2ccccc2s1. The molecule has 0 unspecified atom stereocenters. The van der Waals surface area contributed by atoms with Crippen molar-refractivity contribution < 1.29 is 18.8 Å². The Morgan fingerprint density at radius 3 is 2.64 bits per heavy atom. The van der Waals surface area contributed by atoms with Crippen LogP contribution in [0.5, 0.6) is 0 Å². The first-order valence-electron chi connectivity index (χ1n) is 9.51. The zero-order valence-electron chi connectivity index (χ0n) is 15.6. The first-order chi connectivity index (χ1) is 13.7. The summed E-state index contributed by atoms with van der Waals surface area (Å²) in [5.41, 5.74) is 1.71. The van der Waals surface area contributed by atoms with Crippen molar-refractivity contribution in [3.8, 4) is 0 Å². The van der Waals surface area contributed by atoms with E-state index in [-0.39, 0.29) is 18.1 Å². The Labute approximate surface area is 167 Å². The second-order valence-electron chi connectivity index (χ2n) is 6.93. The van der Waals surface area contributed by atoms with E-state index in [0.717, 1.165) is 53.8 Å². The van der Waals surface area contributed by atoms with Crippen molar-refractivity contribution >= 4 is 32.6 Å². The summed E-state index contributed by atoms with van der Waals surface area (Å²) in [5, 5.41) is 0.723. The van der Waals surface area contributed by atoms with Gasteiger partial charge in [0.2, 0.25) is 5.91 Å². The molecule has 1 N–H and O–H groups in total. The largest absolute Gasteiger partial charge is 0.370 e. The maximum absolute atomic E-state index is 13.2. The molecule has 28 heavy (non-hydrogen) atoms. The molecule has 7 heteroatoms. The third-order valence-corrected chi connectivity index (χ3v) is 6.03. The molecule has 1 amide bonds. The summed E-state index contributed by atoms with van der Waals surface area (Å²) < 4.78 is 19.7. The van der Waals surface area contributed by atoms with Gasteiger partial charge in [0.1, 0.15) is 18.9 Å². The van der Waals surface area contributed by atoms with E-state index in [9.17, 15) is 9.18 Å². The van der Waals surface area contributed by atoms with Gasteiger partial charge in [-0.1, -0.05) is 35.6 Å². The standard InChI is InChI=1S/C21H22FN3O2S/c22-17-7-5-16(6-8-17)15-20(26)25(10-9-24-11-13-27-14-12-24)21-23-18-3-1-2-4-19(18)28-21/h1-8H,9-15H2/p+1. The van der Waals surface area contributed by atoms with E-state index in [1.165, 1.54) is 28.4 Å². The minimum absolute atomic E-state index is 0.0154. The zero-order chi connectivity index (χ0) is 19.3. The predicted octanol–water partition coefficient (Wildman–Crippen LogP) is 1.93. The Kier molecular flexibility index (Phi) is 5.95. The normalized spacial score (nSPS) is 15.0. The van der Waals surface area contributed by atoms with Crippen LogP contribution < -0.4 is 9.80 Å². The molecule has 1 aliphatic rings. The highest BCUT2D eigenvalue weighted by Gasteiger charge is 2.23. The van der Waals surface area contributed by atoms with E-state index in [0.29, 0.717) is 6.54 Å². The lowest BCUT2D eigenvalue weighted by molar-refractivity contribution is -0.906. The molecule has 2 aromatic carbocycles. The number of nitrogens with one attached hydrogen (secondary N) is 1. The molecule has 0 saturated carbocycles. The highest BCUT2D eigenvalue weighted by molar-refractivity contribution is 7.22. The quantitative estimate of drug-likeness (QED) is 0.688. The van der Waals surface area contributed by atoms with Gasteiger partial charge in [-0.05, 0) is 29.8 Å². The number of nitrogens with zero attached hydrogens (tertiary/aromatic N) is 2. The monoisotopic (exact) mass is 400 g/mol. The molecule has 5 nitrogen and oxygen atoms in total. The molecular formula is C21H23FN3O2S+. The number of morpholine rings is 1. The molecule has 4 rings (SSSR count). The number of fused-ring (bicyclic) bond motifs is 1. The van der Waals surface area contributed by atoms with Gasteiger partial charge in [-0.25, -0.2) is 9.37 Å². The molecule has 0 spiro atoms. The average Bonchev–Trinajstić information content (AvgIpc) is 3.14.